The first-order chi connectivity index (χ1) is 29.5. The summed E-state index contributed by atoms with van der Waals surface area (Å²) in [4.78, 5) is 42.4. The van der Waals surface area contributed by atoms with Gasteiger partial charge in [-0.25, -0.2) is 9.59 Å². The number of aliphatic hydroxyl groups is 2. The highest BCUT2D eigenvalue weighted by atomic mass is 16.6. The van der Waals surface area contributed by atoms with E-state index in [-0.39, 0.29) is 55.0 Å². The molecule has 2 bridgehead atoms. The van der Waals surface area contributed by atoms with E-state index in [2.05, 4.69) is 84.9 Å². The van der Waals surface area contributed by atoms with Gasteiger partial charge in [0.1, 0.15) is 23.7 Å². The van der Waals surface area contributed by atoms with E-state index < -0.39 is 42.2 Å². The van der Waals surface area contributed by atoms with Crippen molar-refractivity contribution in [2.45, 2.75) is 88.9 Å². The topological polar surface area (TPSA) is 142 Å². The molecular weight excluding hydrogens is 773 g/mol. The number of allylic oxidation sites excluding steroid dienone is 2. The molecule has 5 aromatic rings. The fourth-order valence-electron chi connectivity index (χ4n) is 9.11. The summed E-state index contributed by atoms with van der Waals surface area (Å²) in [6.07, 6.45) is 4.68. The van der Waals surface area contributed by atoms with Crippen LogP contribution >= 0.6 is 0 Å². The number of ether oxygens (including phenoxy) is 4. The minimum absolute atomic E-state index is 0.0567. The predicted molar refractivity (Wildman–Crippen MR) is 230 cm³/mol. The molecular formula is C51H52O10. The maximum atomic E-state index is 14.7. The van der Waals surface area contributed by atoms with Gasteiger partial charge in [0.05, 0.1) is 18.8 Å². The Morgan fingerprint density at radius 2 is 1.62 bits per heavy atom. The number of rotatable bonds is 8. The quantitative estimate of drug-likeness (QED) is 0.0392. The van der Waals surface area contributed by atoms with Crippen LogP contribution in [0.1, 0.15) is 96.9 Å². The summed E-state index contributed by atoms with van der Waals surface area (Å²) in [7, 11) is 0. The van der Waals surface area contributed by atoms with Gasteiger partial charge < -0.3 is 33.6 Å². The Kier molecular flexibility index (Phi) is 12.4. The van der Waals surface area contributed by atoms with Crippen molar-refractivity contribution in [1.82, 2.24) is 0 Å². The van der Waals surface area contributed by atoms with Gasteiger partial charge >= 0.3 is 17.6 Å². The van der Waals surface area contributed by atoms with E-state index in [1.165, 1.54) is 16.7 Å². The molecule has 10 heteroatoms. The van der Waals surface area contributed by atoms with Crippen LogP contribution in [0.25, 0.3) is 11.0 Å². The van der Waals surface area contributed by atoms with Crippen molar-refractivity contribution in [1.29, 1.82) is 0 Å². The monoisotopic (exact) mass is 824 g/mol. The molecule has 4 heterocycles. The summed E-state index contributed by atoms with van der Waals surface area (Å²) >= 11 is 0. The lowest BCUT2D eigenvalue weighted by molar-refractivity contribution is -0.188. The van der Waals surface area contributed by atoms with E-state index in [0.29, 0.717) is 47.1 Å². The number of benzene rings is 4. The summed E-state index contributed by atoms with van der Waals surface area (Å²) in [5.41, 5.74) is 5.45. The highest BCUT2D eigenvalue weighted by Gasteiger charge is 2.51. The fraction of sp³-hybridized carbons (Fsp3) is 0.353. The van der Waals surface area contributed by atoms with Crippen LogP contribution in [0, 0.1) is 5.92 Å². The van der Waals surface area contributed by atoms with E-state index in [0.717, 1.165) is 17.5 Å². The second kappa shape index (κ2) is 18.0. The summed E-state index contributed by atoms with van der Waals surface area (Å²) < 4.78 is 30.5. The predicted octanol–water partition coefficient (Wildman–Crippen LogP) is 8.35. The van der Waals surface area contributed by atoms with Crippen LogP contribution in [-0.4, -0.2) is 53.9 Å². The molecule has 316 valence electrons. The fourth-order valence-corrected chi connectivity index (χ4v) is 9.11. The van der Waals surface area contributed by atoms with E-state index in [1.54, 1.807) is 39.0 Å². The number of hydrogen-bond donors (Lipinski definition) is 2. The van der Waals surface area contributed by atoms with Gasteiger partial charge in [-0.2, -0.15) is 0 Å². The van der Waals surface area contributed by atoms with E-state index in [4.69, 9.17) is 28.5 Å². The van der Waals surface area contributed by atoms with Crippen LogP contribution in [0.5, 0.6) is 5.75 Å². The highest BCUT2D eigenvalue weighted by molar-refractivity contribution is 5.90. The van der Waals surface area contributed by atoms with Gasteiger partial charge in [-0.15, -0.1) is 0 Å². The van der Waals surface area contributed by atoms with Gasteiger partial charge in [0, 0.05) is 41.2 Å². The molecule has 4 aromatic carbocycles. The lowest BCUT2D eigenvalue weighted by Crippen LogP contribution is -2.52. The van der Waals surface area contributed by atoms with Crippen molar-refractivity contribution in [2.75, 3.05) is 20.0 Å². The molecule has 1 aromatic heterocycles. The zero-order valence-electron chi connectivity index (χ0n) is 34.8. The average molecular weight is 825 g/mol. The van der Waals surface area contributed by atoms with Crippen LogP contribution in [0.3, 0.4) is 0 Å². The number of esters is 2. The minimum Gasteiger partial charge on any atom is -0.483 e. The maximum Gasteiger partial charge on any atom is 0.339 e. The van der Waals surface area contributed by atoms with E-state index >= 15 is 0 Å². The number of fused-ring (bicyclic) bond motifs is 11. The summed E-state index contributed by atoms with van der Waals surface area (Å²) in [5, 5.41) is 19.9. The molecule has 4 aliphatic rings. The van der Waals surface area contributed by atoms with Gasteiger partial charge in [-0.3, -0.25) is 4.79 Å². The molecule has 10 nitrogen and oxygen atoms in total. The lowest BCUT2D eigenvalue weighted by atomic mass is 9.72. The van der Waals surface area contributed by atoms with Gasteiger partial charge in [0.2, 0.25) is 0 Å². The van der Waals surface area contributed by atoms with Gasteiger partial charge in [-0.1, -0.05) is 91.0 Å². The van der Waals surface area contributed by atoms with Crippen LogP contribution in [-0.2, 0) is 43.1 Å². The van der Waals surface area contributed by atoms with Crippen molar-refractivity contribution >= 4 is 22.9 Å². The second-order valence-electron chi connectivity index (χ2n) is 17.0. The zero-order valence-corrected chi connectivity index (χ0v) is 34.8. The summed E-state index contributed by atoms with van der Waals surface area (Å²) in [5.74, 6) is -1.01. The minimum atomic E-state index is -1.23. The van der Waals surface area contributed by atoms with Crippen LogP contribution < -0.4 is 10.4 Å². The molecule has 0 saturated carbocycles. The summed E-state index contributed by atoms with van der Waals surface area (Å²) in [6, 6.07) is 32.6. The standard InChI is InChI=1S/C51H52O10/c1-31(29-52)41-19-14-32-12-15-35(16-13-32)42-20-17-37(36-11-7-10-34(25-36)24-33-8-5-4-6-9-33)26-40(42)28-44(54)58-47-45-43(61-51(2,3)48(47)60-50(41)56)21-18-38-27-39(22-23-57-30-53)49(55)59-46(38)45/h4-13,15-18,20-21,25,27,37,40,42,47-48,52-53H,14,19,22-24,26,28-30H2,1-3H3/b41-31-/t37-,40-,42-,47+,48-/m0/s1. The molecule has 2 N–H and O–H groups in total. The van der Waals surface area contributed by atoms with Crippen molar-refractivity contribution in [3.63, 3.8) is 0 Å². The number of carbonyl (C=O) groups excluding carboxylic acids is 2. The molecule has 3 aliphatic heterocycles. The Balaban J connectivity index is 1.20. The Morgan fingerprint density at radius 1 is 0.836 bits per heavy atom. The first-order valence-electron chi connectivity index (χ1n) is 21.1. The molecule has 5 atom stereocenters. The smallest absolute Gasteiger partial charge is 0.339 e. The van der Waals surface area contributed by atoms with Crippen LogP contribution in [0.4, 0.5) is 0 Å². The first-order valence-corrected chi connectivity index (χ1v) is 21.1. The Hall–Kier alpha value is -5.81. The Morgan fingerprint density at radius 3 is 2.39 bits per heavy atom. The molecule has 0 fully saturated rings. The largest absolute Gasteiger partial charge is 0.483 e. The highest BCUT2D eigenvalue weighted by Crippen LogP contribution is 2.48. The average Bonchev–Trinajstić information content (AvgIpc) is 3.25. The number of aryl methyl sites for hydroxylation is 1. The molecule has 0 amide bonds. The molecule has 0 unspecified atom stereocenters. The normalized spacial score (nSPS) is 23.3. The van der Waals surface area contributed by atoms with Crippen molar-refractivity contribution < 1.29 is 43.2 Å². The van der Waals surface area contributed by atoms with Gasteiger partial charge in [0.25, 0.3) is 0 Å². The molecule has 1 aliphatic carbocycles. The van der Waals surface area contributed by atoms with E-state index in [1.807, 2.05) is 6.07 Å². The van der Waals surface area contributed by atoms with Gasteiger partial charge in [0.15, 0.2) is 12.2 Å². The summed E-state index contributed by atoms with van der Waals surface area (Å²) in [6.45, 7) is 4.51. The Labute approximate surface area is 355 Å². The third-order valence-electron chi connectivity index (χ3n) is 12.4. The first kappa shape index (κ1) is 41.9. The van der Waals surface area contributed by atoms with Crippen molar-refractivity contribution in [3.05, 3.63) is 170 Å². The molecule has 0 spiro atoms. The molecule has 0 radical (unpaired) electrons. The van der Waals surface area contributed by atoms with E-state index in [9.17, 15) is 19.5 Å². The van der Waals surface area contributed by atoms with Gasteiger partial charge in [-0.05, 0) is 104 Å². The third kappa shape index (κ3) is 9.12. The van der Waals surface area contributed by atoms with Crippen LogP contribution in [0.2, 0.25) is 0 Å². The number of hydrogen-bond acceptors (Lipinski definition) is 10. The number of aliphatic hydroxyl groups excluding tert-OH is 2. The van der Waals surface area contributed by atoms with Crippen molar-refractivity contribution in [2.24, 2.45) is 5.92 Å². The van der Waals surface area contributed by atoms with Crippen molar-refractivity contribution in [3.8, 4) is 5.75 Å². The van der Waals surface area contributed by atoms with Crippen LogP contribution in [0.15, 0.2) is 130 Å². The molecule has 61 heavy (non-hydrogen) atoms. The third-order valence-corrected chi connectivity index (χ3v) is 12.4. The molecule has 0 saturated heterocycles. The lowest BCUT2D eigenvalue weighted by Gasteiger charge is -2.43. The Bertz CT molecular complexity index is 2510. The zero-order chi connectivity index (χ0) is 42.7. The maximum absolute atomic E-state index is 14.7. The molecule has 9 rings (SSSR count). The number of carbonyl (C=O) groups is 2. The second-order valence-corrected chi connectivity index (χ2v) is 17.0. The SMILES string of the molecule is C/C(CO)=C1\CCc2ccc(cc2)[C@@H]2C=C[C@H](c3cccc(Cc4ccccc4)c3)C[C@H]2CC(=O)O[C@@H]2c3c(ccc4cc(CCOCO)c(=O)oc34)OC(C)(C)[C@H]2OC1=O.